The monoisotopic (exact) mass is 754 g/mol. The topological polar surface area (TPSA) is 157 Å². The zero-order valence-electron chi connectivity index (χ0n) is 30.9. The number of likely N-dealkylation sites (tertiary alicyclic amines) is 1. The second-order valence-electron chi connectivity index (χ2n) is 14.8. The van der Waals surface area contributed by atoms with Crippen LogP contribution < -0.4 is 19.5 Å². The SMILES string of the molecule is Cc1c(COc2cc(OCc3cncc(C#N)c3)c(CN[C@@](C)(CO)C(=O)O)cc2Cl)cccc1-c1cccc(OCC2(CN3CC[C@@H](O)C3)CC2)c1C. The van der Waals surface area contributed by atoms with Gasteiger partial charge in [0.25, 0.3) is 0 Å². The number of aliphatic carboxylic acids is 1. The first-order valence-corrected chi connectivity index (χ1v) is 18.5. The number of nitrogens with zero attached hydrogens (tertiary/aromatic N) is 3. The highest BCUT2D eigenvalue weighted by Crippen LogP contribution is 2.47. The lowest BCUT2D eigenvalue weighted by Crippen LogP contribution is -2.52. The zero-order chi connectivity index (χ0) is 38.5. The maximum atomic E-state index is 11.8. The first-order valence-electron chi connectivity index (χ1n) is 18.2. The van der Waals surface area contributed by atoms with Gasteiger partial charge in [-0.2, -0.15) is 5.26 Å². The average Bonchev–Trinajstić information content (AvgIpc) is 3.81. The summed E-state index contributed by atoms with van der Waals surface area (Å²) in [6.07, 6.45) is 5.96. The number of β-amino-alcohol motifs (C(OH)–C–C–N with tert-alkyl or cyclic N) is 1. The van der Waals surface area contributed by atoms with Crippen LogP contribution >= 0.6 is 11.6 Å². The number of aliphatic hydroxyl groups is 2. The molecule has 1 aromatic heterocycles. The fourth-order valence-corrected chi connectivity index (χ4v) is 7.01. The number of aliphatic hydroxyl groups excluding tert-OH is 2. The molecule has 1 aliphatic carbocycles. The summed E-state index contributed by atoms with van der Waals surface area (Å²) in [6.45, 7) is 8.56. The summed E-state index contributed by atoms with van der Waals surface area (Å²) < 4.78 is 19.0. The normalized spacial score (nSPS) is 17.4. The molecule has 1 aliphatic heterocycles. The molecular weight excluding hydrogens is 708 g/mol. The number of aromatic nitrogens is 1. The van der Waals surface area contributed by atoms with E-state index in [2.05, 4.69) is 47.3 Å². The van der Waals surface area contributed by atoms with Crippen LogP contribution in [0.3, 0.4) is 0 Å². The molecule has 2 fully saturated rings. The van der Waals surface area contributed by atoms with E-state index >= 15 is 0 Å². The van der Waals surface area contributed by atoms with Gasteiger partial charge in [0, 0.05) is 61.2 Å². The lowest BCUT2D eigenvalue weighted by molar-refractivity contribution is -0.145. The van der Waals surface area contributed by atoms with Gasteiger partial charge < -0.3 is 29.5 Å². The Morgan fingerprint density at radius 2 is 1.76 bits per heavy atom. The molecule has 54 heavy (non-hydrogen) atoms. The molecule has 3 aromatic carbocycles. The second-order valence-corrected chi connectivity index (χ2v) is 15.2. The van der Waals surface area contributed by atoms with Crippen LogP contribution in [0.5, 0.6) is 17.2 Å². The van der Waals surface area contributed by atoms with E-state index in [0.29, 0.717) is 39.8 Å². The Hall–Kier alpha value is -4.70. The van der Waals surface area contributed by atoms with Gasteiger partial charge in [-0.3, -0.25) is 20.0 Å². The molecule has 2 aliphatic rings. The molecule has 0 bridgehead atoms. The van der Waals surface area contributed by atoms with Crippen LogP contribution in [0.15, 0.2) is 67.0 Å². The molecule has 4 aromatic rings. The number of nitrogens with one attached hydrogen (secondary N) is 1. The molecule has 0 spiro atoms. The van der Waals surface area contributed by atoms with Gasteiger partial charge in [-0.05, 0) is 86.1 Å². The number of rotatable bonds is 17. The zero-order valence-corrected chi connectivity index (χ0v) is 31.7. The molecule has 6 rings (SSSR count). The van der Waals surface area contributed by atoms with Gasteiger partial charge in [-0.1, -0.05) is 41.9 Å². The largest absolute Gasteiger partial charge is 0.493 e. The van der Waals surface area contributed by atoms with Crippen molar-refractivity contribution in [1.82, 2.24) is 15.2 Å². The number of nitriles is 1. The lowest BCUT2D eigenvalue weighted by atomic mass is 9.93. The van der Waals surface area contributed by atoms with E-state index in [4.69, 9.17) is 25.8 Å². The Labute approximate surface area is 321 Å². The highest BCUT2D eigenvalue weighted by molar-refractivity contribution is 6.32. The van der Waals surface area contributed by atoms with E-state index in [1.807, 2.05) is 24.3 Å². The highest BCUT2D eigenvalue weighted by atomic mass is 35.5. The summed E-state index contributed by atoms with van der Waals surface area (Å²) in [5.74, 6) is 0.426. The Balaban J connectivity index is 1.18. The maximum absolute atomic E-state index is 11.8. The lowest BCUT2D eigenvalue weighted by Gasteiger charge is -2.25. The number of hydrogen-bond donors (Lipinski definition) is 4. The average molecular weight is 755 g/mol. The summed E-state index contributed by atoms with van der Waals surface area (Å²) in [7, 11) is 0. The number of hydrogen-bond acceptors (Lipinski definition) is 10. The van der Waals surface area contributed by atoms with E-state index in [9.17, 15) is 25.4 Å². The van der Waals surface area contributed by atoms with E-state index < -0.39 is 18.1 Å². The van der Waals surface area contributed by atoms with Crippen molar-refractivity contribution in [3.63, 3.8) is 0 Å². The number of carboxylic acid groups (broad SMARTS) is 1. The van der Waals surface area contributed by atoms with Crippen molar-refractivity contribution in [3.05, 3.63) is 105 Å². The second kappa shape index (κ2) is 16.8. The molecule has 1 saturated heterocycles. The molecule has 0 amide bonds. The number of ether oxygens (including phenoxy) is 3. The number of halogens is 1. The van der Waals surface area contributed by atoms with Crippen molar-refractivity contribution in [3.8, 4) is 34.4 Å². The fourth-order valence-electron chi connectivity index (χ4n) is 6.77. The first-order chi connectivity index (χ1) is 25.9. The third kappa shape index (κ3) is 9.14. The minimum Gasteiger partial charge on any atom is -0.493 e. The molecule has 0 radical (unpaired) electrons. The highest BCUT2D eigenvalue weighted by Gasteiger charge is 2.45. The molecule has 2 atom stereocenters. The van der Waals surface area contributed by atoms with Gasteiger partial charge in [0.05, 0.1) is 29.9 Å². The minimum absolute atomic E-state index is 0.0298. The van der Waals surface area contributed by atoms with Crippen LogP contribution in [0.4, 0.5) is 0 Å². The summed E-state index contributed by atoms with van der Waals surface area (Å²) in [5.41, 5.74) is 5.42. The van der Waals surface area contributed by atoms with Crippen molar-refractivity contribution >= 4 is 17.6 Å². The van der Waals surface area contributed by atoms with Gasteiger partial charge >= 0.3 is 5.97 Å². The predicted octanol–water partition coefficient (Wildman–Crippen LogP) is 6.20. The molecular formula is C42H47ClN4O7. The third-order valence-electron chi connectivity index (χ3n) is 10.6. The Morgan fingerprint density at radius 3 is 2.44 bits per heavy atom. The smallest absolute Gasteiger partial charge is 0.326 e. The number of benzene rings is 3. The first kappa shape index (κ1) is 39.0. The Kier molecular flexibility index (Phi) is 12.1. The maximum Gasteiger partial charge on any atom is 0.326 e. The standard InChI is InChI=1S/C42H47ClN4O7/c1-27-31(6-4-7-34(27)35-8-5-9-37(28(35)2)54-26-42(11-12-42)24-47-13-10-33(49)21-47)23-53-39-16-38(52-22-30-14-29(17-44)18-45-19-30)32(15-36(39)43)20-46-41(3,25-48)40(50)51/h4-9,14-16,18-19,33,46,48-49H,10-13,20-26H2,1-3H3,(H,50,51)/t33-,41+/m1/s1. The molecule has 2 heterocycles. The van der Waals surface area contributed by atoms with Crippen molar-refractivity contribution in [2.75, 3.05) is 32.8 Å². The molecule has 11 nitrogen and oxygen atoms in total. The van der Waals surface area contributed by atoms with Crippen molar-refractivity contribution < 1.29 is 34.3 Å². The molecule has 1 saturated carbocycles. The van der Waals surface area contributed by atoms with Crippen LogP contribution in [0.2, 0.25) is 5.02 Å². The van der Waals surface area contributed by atoms with Crippen molar-refractivity contribution in [2.24, 2.45) is 5.41 Å². The van der Waals surface area contributed by atoms with Crippen LogP contribution in [0.1, 0.15) is 59.6 Å². The molecule has 4 N–H and O–H groups in total. The van der Waals surface area contributed by atoms with E-state index in [-0.39, 0.29) is 31.3 Å². The quantitative estimate of drug-likeness (QED) is 0.0974. The van der Waals surface area contributed by atoms with E-state index in [0.717, 1.165) is 72.5 Å². The van der Waals surface area contributed by atoms with E-state index in [1.165, 1.54) is 13.1 Å². The molecule has 12 heteroatoms. The molecule has 0 unspecified atom stereocenters. The molecule has 284 valence electrons. The minimum atomic E-state index is -1.59. The predicted molar refractivity (Wildman–Crippen MR) is 205 cm³/mol. The van der Waals surface area contributed by atoms with Crippen LogP contribution in [0, 0.1) is 30.6 Å². The fraction of sp³-hybridized carbons (Fsp3) is 0.405. The third-order valence-corrected chi connectivity index (χ3v) is 10.9. The van der Waals surface area contributed by atoms with Crippen LogP contribution in [-0.4, -0.2) is 75.7 Å². The van der Waals surface area contributed by atoms with Gasteiger partial charge in [-0.15, -0.1) is 0 Å². The summed E-state index contributed by atoms with van der Waals surface area (Å²) in [6, 6.07) is 19.4. The van der Waals surface area contributed by atoms with Crippen LogP contribution in [-0.2, 0) is 24.6 Å². The summed E-state index contributed by atoms with van der Waals surface area (Å²) >= 11 is 6.75. The van der Waals surface area contributed by atoms with E-state index in [1.54, 1.807) is 24.4 Å². The van der Waals surface area contributed by atoms with Gasteiger partial charge in [-0.25, -0.2) is 0 Å². The summed E-state index contributed by atoms with van der Waals surface area (Å²) in [5, 5.41) is 41.9. The van der Waals surface area contributed by atoms with Crippen molar-refractivity contribution in [1.29, 1.82) is 5.26 Å². The Bertz CT molecular complexity index is 2030. The summed E-state index contributed by atoms with van der Waals surface area (Å²) in [4.78, 5) is 18.3. The van der Waals surface area contributed by atoms with Gasteiger partial charge in [0.2, 0.25) is 0 Å². The van der Waals surface area contributed by atoms with Crippen LogP contribution in [0.25, 0.3) is 11.1 Å². The number of carbonyl (C=O) groups is 1. The Morgan fingerprint density at radius 1 is 1.02 bits per heavy atom. The van der Waals surface area contributed by atoms with Gasteiger partial charge in [0.1, 0.15) is 42.1 Å². The number of carboxylic acids is 1. The van der Waals surface area contributed by atoms with Gasteiger partial charge in [0.15, 0.2) is 0 Å². The number of pyridine rings is 1. The van der Waals surface area contributed by atoms with Crippen molar-refractivity contribution in [2.45, 2.75) is 71.4 Å².